The number of hydrogen-bond acceptors (Lipinski definition) is 9. The van der Waals surface area contributed by atoms with Crippen LogP contribution in [-0.2, 0) is 21.3 Å². The SMILES string of the molecule is Cc1cc([C@H](O)C(C)(C)O)nc2c1[C@@]1(C)C[C@H](O)[C@@]34C[C@@]35CC[C@H](O[C@@H]3OC[C@@H](O)[C@H](O)[C@H]3O)C(C)(C)[C@H]5CC=C4[C@]1(C)C2. The second-order valence-electron chi connectivity index (χ2n) is 16.7. The van der Waals surface area contributed by atoms with Crippen molar-refractivity contribution < 1.29 is 40.1 Å². The third-order valence-corrected chi connectivity index (χ3v) is 13.7. The van der Waals surface area contributed by atoms with Crippen LogP contribution in [0.5, 0.6) is 0 Å². The summed E-state index contributed by atoms with van der Waals surface area (Å²) < 4.78 is 12.0. The van der Waals surface area contributed by atoms with Crippen LogP contribution >= 0.6 is 0 Å². The number of aliphatic hydroxyl groups excluding tert-OH is 5. The molecule has 1 aliphatic heterocycles. The van der Waals surface area contributed by atoms with Crippen LogP contribution in [0.3, 0.4) is 0 Å². The summed E-state index contributed by atoms with van der Waals surface area (Å²) in [5, 5.41) is 64.4. The molecule has 3 saturated carbocycles. The molecular formula is C35H51NO8. The van der Waals surface area contributed by atoms with E-state index >= 15 is 0 Å². The molecule has 0 amide bonds. The normalized spacial score (nSPS) is 47.8. The number of rotatable bonds is 4. The molecule has 2 spiro atoms. The van der Waals surface area contributed by atoms with Gasteiger partial charge in [0.2, 0.25) is 0 Å². The molecule has 2 heterocycles. The van der Waals surface area contributed by atoms with Crippen LogP contribution in [0.1, 0.15) is 102 Å². The van der Waals surface area contributed by atoms with Gasteiger partial charge in [0.25, 0.3) is 0 Å². The van der Waals surface area contributed by atoms with Crippen molar-refractivity contribution in [1.82, 2.24) is 4.98 Å². The first kappa shape index (κ1) is 31.2. The van der Waals surface area contributed by atoms with E-state index in [1.165, 1.54) is 11.1 Å². The molecule has 4 fully saturated rings. The average Bonchev–Trinajstić information content (AvgIpc) is 3.56. The number of nitrogens with zero attached hydrogens (tertiary/aromatic N) is 1. The number of pyridine rings is 1. The smallest absolute Gasteiger partial charge is 0.186 e. The Morgan fingerprint density at radius 3 is 2.45 bits per heavy atom. The number of hydrogen-bond donors (Lipinski definition) is 6. The van der Waals surface area contributed by atoms with E-state index < -0.39 is 42.4 Å². The van der Waals surface area contributed by atoms with Gasteiger partial charge in [-0.3, -0.25) is 4.98 Å². The summed E-state index contributed by atoms with van der Waals surface area (Å²) in [5.41, 5.74) is 2.53. The molecule has 6 aliphatic rings. The number of aliphatic hydroxyl groups is 6. The van der Waals surface area contributed by atoms with Gasteiger partial charge in [0.15, 0.2) is 6.29 Å². The van der Waals surface area contributed by atoms with E-state index in [0.29, 0.717) is 12.1 Å². The average molecular weight is 614 g/mol. The molecule has 0 radical (unpaired) electrons. The molecule has 44 heavy (non-hydrogen) atoms. The van der Waals surface area contributed by atoms with Gasteiger partial charge in [-0.2, -0.15) is 0 Å². The molecule has 5 aliphatic carbocycles. The van der Waals surface area contributed by atoms with E-state index in [1.807, 2.05) is 6.07 Å². The Labute approximate surface area is 260 Å². The predicted molar refractivity (Wildman–Crippen MR) is 161 cm³/mol. The minimum atomic E-state index is -1.32. The molecule has 6 N–H and O–H groups in total. The number of allylic oxidation sites excluding steroid dienone is 1. The van der Waals surface area contributed by atoms with Gasteiger partial charge in [-0.25, -0.2) is 0 Å². The van der Waals surface area contributed by atoms with Crippen molar-refractivity contribution in [3.8, 4) is 0 Å². The third-order valence-electron chi connectivity index (χ3n) is 13.7. The largest absolute Gasteiger partial charge is 0.392 e. The minimum Gasteiger partial charge on any atom is -0.392 e. The Kier molecular flexibility index (Phi) is 6.62. The lowest BCUT2D eigenvalue weighted by atomic mass is 9.45. The fourth-order valence-corrected chi connectivity index (χ4v) is 11.3. The predicted octanol–water partition coefficient (Wildman–Crippen LogP) is 2.75. The monoisotopic (exact) mass is 613 g/mol. The van der Waals surface area contributed by atoms with Gasteiger partial charge >= 0.3 is 0 Å². The van der Waals surface area contributed by atoms with Crippen molar-refractivity contribution in [2.24, 2.45) is 27.6 Å². The van der Waals surface area contributed by atoms with Crippen molar-refractivity contribution in [2.45, 2.75) is 141 Å². The fourth-order valence-electron chi connectivity index (χ4n) is 11.3. The topological polar surface area (TPSA) is 153 Å². The minimum absolute atomic E-state index is 0.0501. The van der Waals surface area contributed by atoms with Gasteiger partial charge < -0.3 is 40.1 Å². The highest BCUT2D eigenvalue weighted by atomic mass is 16.7. The molecular weight excluding hydrogens is 562 g/mol. The zero-order chi connectivity index (χ0) is 32.0. The lowest BCUT2D eigenvalue weighted by Crippen LogP contribution is -2.60. The molecule has 9 nitrogen and oxygen atoms in total. The maximum absolute atomic E-state index is 12.2. The van der Waals surface area contributed by atoms with Crippen molar-refractivity contribution in [1.29, 1.82) is 0 Å². The molecule has 244 valence electrons. The van der Waals surface area contributed by atoms with Crippen LogP contribution in [-0.4, -0.2) is 84.6 Å². The van der Waals surface area contributed by atoms with Crippen molar-refractivity contribution in [3.63, 3.8) is 0 Å². The van der Waals surface area contributed by atoms with Crippen molar-refractivity contribution >= 4 is 0 Å². The maximum atomic E-state index is 12.2. The number of aryl methyl sites for hydroxylation is 1. The van der Waals surface area contributed by atoms with Crippen LogP contribution in [0.15, 0.2) is 17.7 Å². The van der Waals surface area contributed by atoms with E-state index in [0.717, 1.165) is 43.4 Å². The first-order valence-corrected chi connectivity index (χ1v) is 16.5. The van der Waals surface area contributed by atoms with Gasteiger partial charge in [-0.05, 0) is 93.2 Å². The Balaban J connectivity index is 1.22. The van der Waals surface area contributed by atoms with Crippen LogP contribution in [0.4, 0.5) is 0 Å². The lowest BCUT2D eigenvalue weighted by molar-refractivity contribution is -0.301. The van der Waals surface area contributed by atoms with E-state index in [9.17, 15) is 30.6 Å². The molecule has 0 bridgehead atoms. The quantitative estimate of drug-likeness (QED) is 0.282. The van der Waals surface area contributed by atoms with Crippen LogP contribution in [0.25, 0.3) is 0 Å². The molecule has 7 rings (SSSR count). The van der Waals surface area contributed by atoms with Crippen LogP contribution in [0, 0.1) is 34.5 Å². The summed E-state index contributed by atoms with van der Waals surface area (Å²) in [6, 6.07) is 1.91. The lowest BCUT2D eigenvalue weighted by Gasteiger charge is -2.60. The zero-order valence-electron chi connectivity index (χ0n) is 27.2. The Morgan fingerprint density at radius 2 is 1.77 bits per heavy atom. The standard InChI is InChI=1S/C35H51NO8/c1-17-12-18(28(41)31(4,5)42)36-19-13-32(6)22-9-8-21-30(2,3)24(44-29-27(40)26(39)20(37)15-43-29)10-11-34(21)16-35(22,34)23(38)14-33(32,7)25(17)19/h9,12,20-21,23-24,26-29,37-42H,8,10-11,13-16H2,1-7H3/t20-,21-,23+,24+,26+,27-,28+,29+,32+,33-,34-,35+/m1/s1. The first-order chi connectivity index (χ1) is 20.3. The van der Waals surface area contributed by atoms with Crippen LogP contribution < -0.4 is 0 Å². The van der Waals surface area contributed by atoms with E-state index in [2.05, 4.69) is 40.7 Å². The third kappa shape index (κ3) is 3.73. The summed E-state index contributed by atoms with van der Waals surface area (Å²) in [7, 11) is 0. The molecule has 9 heteroatoms. The van der Waals surface area contributed by atoms with Gasteiger partial charge in [-0.1, -0.05) is 39.3 Å². The fraction of sp³-hybridized carbons (Fsp3) is 0.800. The second kappa shape index (κ2) is 9.34. The van der Waals surface area contributed by atoms with E-state index in [-0.39, 0.29) is 45.7 Å². The molecule has 0 aromatic carbocycles. The summed E-state index contributed by atoms with van der Waals surface area (Å²) in [5.74, 6) is 0.258. The Bertz CT molecular complexity index is 1400. The molecule has 1 saturated heterocycles. The highest BCUT2D eigenvalue weighted by Crippen LogP contribution is 2.87. The Hall–Kier alpha value is -1.43. The van der Waals surface area contributed by atoms with Gasteiger partial charge in [0, 0.05) is 21.9 Å². The summed E-state index contributed by atoms with van der Waals surface area (Å²) >= 11 is 0. The van der Waals surface area contributed by atoms with Crippen molar-refractivity contribution in [2.75, 3.05) is 6.61 Å². The van der Waals surface area contributed by atoms with E-state index in [1.54, 1.807) is 13.8 Å². The summed E-state index contributed by atoms with van der Waals surface area (Å²) in [4.78, 5) is 4.98. The highest BCUT2D eigenvalue weighted by Gasteiger charge is 2.83. The van der Waals surface area contributed by atoms with Gasteiger partial charge in [-0.15, -0.1) is 0 Å². The second-order valence-corrected chi connectivity index (χ2v) is 16.7. The van der Waals surface area contributed by atoms with Crippen LogP contribution in [0.2, 0.25) is 0 Å². The Morgan fingerprint density at radius 1 is 1.07 bits per heavy atom. The summed E-state index contributed by atoms with van der Waals surface area (Å²) in [6.07, 6.45) is 0.663. The first-order valence-electron chi connectivity index (χ1n) is 16.5. The molecule has 0 unspecified atom stereocenters. The number of ether oxygens (including phenoxy) is 2. The molecule has 12 atom stereocenters. The van der Waals surface area contributed by atoms with Gasteiger partial charge in [0.05, 0.1) is 30.1 Å². The number of fused-ring (bicyclic) bond motifs is 4. The maximum Gasteiger partial charge on any atom is 0.186 e. The highest BCUT2D eigenvalue weighted by molar-refractivity contribution is 5.56. The van der Waals surface area contributed by atoms with Crippen molar-refractivity contribution in [3.05, 3.63) is 40.2 Å². The van der Waals surface area contributed by atoms with E-state index in [4.69, 9.17) is 14.5 Å². The number of aromatic nitrogens is 1. The van der Waals surface area contributed by atoms with Gasteiger partial charge in [0.1, 0.15) is 24.4 Å². The summed E-state index contributed by atoms with van der Waals surface area (Å²) in [6.45, 7) is 14.3. The molecule has 1 aromatic heterocycles. The molecule has 1 aromatic rings. The zero-order valence-corrected chi connectivity index (χ0v) is 27.2.